The fourth-order valence-electron chi connectivity index (χ4n) is 2.41. The van der Waals surface area contributed by atoms with Crippen LogP contribution in [0, 0.1) is 0 Å². The summed E-state index contributed by atoms with van der Waals surface area (Å²) < 4.78 is 7.29. The Kier molecular flexibility index (Phi) is 3.94. The summed E-state index contributed by atoms with van der Waals surface area (Å²) in [5.41, 5.74) is 2.07. The Hall–Kier alpha value is -1.92. The topological polar surface area (TPSA) is 72.2 Å². The van der Waals surface area contributed by atoms with Gasteiger partial charge in [-0.15, -0.1) is 5.10 Å². The zero-order valence-corrected chi connectivity index (χ0v) is 11.2. The van der Waals surface area contributed by atoms with Crippen molar-refractivity contribution in [2.24, 2.45) is 0 Å². The molecule has 1 aromatic carbocycles. The van der Waals surface area contributed by atoms with E-state index in [1.54, 1.807) is 4.68 Å². The first kappa shape index (κ1) is 13.1. The monoisotopic (exact) mass is 274 g/mol. The molecule has 0 aliphatic carbocycles. The second kappa shape index (κ2) is 6.02. The van der Waals surface area contributed by atoms with Gasteiger partial charge in [-0.2, -0.15) is 0 Å². The van der Waals surface area contributed by atoms with E-state index >= 15 is 0 Å². The van der Waals surface area contributed by atoms with Crippen LogP contribution in [-0.4, -0.2) is 33.3 Å². The SMILES string of the molecule is OCCn1cc(CNC2CCOc3ccccc32)nn1. The van der Waals surface area contributed by atoms with Crippen molar-refractivity contribution in [3.63, 3.8) is 0 Å². The Morgan fingerprint density at radius 3 is 3.20 bits per heavy atom. The fourth-order valence-corrected chi connectivity index (χ4v) is 2.41. The van der Waals surface area contributed by atoms with E-state index < -0.39 is 0 Å². The lowest BCUT2D eigenvalue weighted by molar-refractivity contribution is 0.252. The van der Waals surface area contributed by atoms with E-state index in [0.29, 0.717) is 13.1 Å². The largest absolute Gasteiger partial charge is 0.493 e. The Labute approximate surface area is 117 Å². The van der Waals surface area contributed by atoms with Gasteiger partial charge in [0, 0.05) is 30.8 Å². The molecule has 20 heavy (non-hydrogen) atoms. The molecule has 1 unspecified atom stereocenters. The van der Waals surface area contributed by atoms with E-state index in [1.807, 2.05) is 24.4 Å². The van der Waals surface area contributed by atoms with Crippen molar-refractivity contribution >= 4 is 0 Å². The van der Waals surface area contributed by atoms with Gasteiger partial charge in [0.1, 0.15) is 5.75 Å². The lowest BCUT2D eigenvalue weighted by atomic mass is 10.0. The van der Waals surface area contributed by atoms with E-state index in [4.69, 9.17) is 9.84 Å². The average molecular weight is 274 g/mol. The third kappa shape index (κ3) is 2.81. The fraction of sp³-hybridized carbons (Fsp3) is 0.429. The quantitative estimate of drug-likeness (QED) is 0.847. The van der Waals surface area contributed by atoms with Crippen LogP contribution in [0.5, 0.6) is 5.75 Å². The third-order valence-corrected chi connectivity index (χ3v) is 3.40. The van der Waals surface area contributed by atoms with Gasteiger partial charge in [-0.1, -0.05) is 23.4 Å². The highest BCUT2D eigenvalue weighted by atomic mass is 16.5. The Morgan fingerprint density at radius 2 is 2.30 bits per heavy atom. The van der Waals surface area contributed by atoms with E-state index in [9.17, 15) is 0 Å². The summed E-state index contributed by atoms with van der Waals surface area (Å²) in [6.45, 7) is 1.94. The van der Waals surface area contributed by atoms with Crippen LogP contribution in [-0.2, 0) is 13.1 Å². The van der Waals surface area contributed by atoms with Crippen molar-refractivity contribution in [3.05, 3.63) is 41.7 Å². The molecular formula is C14H18N4O2. The van der Waals surface area contributed by atoms with Crippen molar-refractivity contribution in [1.29, 1.82) is 0 Å². The molecule has 6 nitrogen and oxygen atoms in total. The predicted octanol–water partition coefficient (Wildman–Crippen LogP) is 0.884. The summed E-state index contributed by atoms with van der Waals surface area (Å²) in [4.78, 5) is 0. The van der Waals surface area contributed by atoms with Crippen LogP contribution >= 0.6 is 0 Å². The van der Waals surface area contributed by atoms with Crippen molar-refractivity contribution in [2.45, 2.75) is 25.6 Å². The van der Waals surface area contributed by atoms with Crippen molar-refractivity contribution in [1.82, 2.24) is 20.3 Å². The summed E-state index contributed by atoms with van der Waals surface area (Å²) in [5.74, 6) is 0.959. The molecule has 1 aromatic heterocycles. The van der Waals surface area contributed by atoms with E-state index in [2.05, 4.69) is 21.7 Å². The van der Waals surface area contributed by atoms with Crippen molar-refractivity contribution in [3.8, 4) is 5.75 Å². The number of aromatic nitrogens is 3. The van der Waals surface area contributed by atoms with Crippen LogP contribution in [0.4, 0.5) is 0 Å². The van der Waals surface area contributed by atoms with E-state index in [1.165, 1.54) is 5.56 Å². The zero-order valence-electron chi connectivity index (χ0n) is 11.2. The summed E-state index contributed by atoms with van der Waals surface area (Å²) in [6, 6.07) is 8.39. The first-order valence-corrected chi connectivity index (χ1v) is 6.82. The van der Waals surface area contributed by atoms with Gasteiger partial charge >= 0.3 is 0 Å². The van der Waals surface area contributed by atoms with Gasteiger partial charge in [0.05, 0.1) is 25.5 Å². The highest BCUT2D eigenvalue weighted by molar-refractivity contribution is 5.37. The molecule has 1 aliphatic heterocycles. The first-order chi connectivity index (χ1) is 9.86. The molecule has 2 heterocycles. The molecular weight excluding hydrogens is 256 g/mol. The van der Waals surface area contributed by atoms with Crippen molar-refractivity contribution < 1.29 is 9.84 Å². The van der Waals surface area contributed by atoms with Gasteiger partial charge in [0.15, 0.2) is 0 Å². The standard InChI is InChI=1S/C14H18N4O2/c19-7-6-18-10-11(16-17-18)9-15-13-5-8-20-14-4-2-1-3-12(13)14/h1-4,10,13,15,19H,5-9H2. The van der Waals surface area contributed by atoms with Gasteiger partial charge in [-0.25, -0.2) is 4.68 Å². The van der Waals surface area contributed by atoms with Crippen LogP contribution in [0.15, 0.2) is 30.5 Å². The second-order valence-electron chi connectivity index (χ2n) is 4.81. The van der Waals surface area contributed by atoms with Crippen LogP contribution in [0.25, 0.3) is 0 Å². The summed E-state index contributed by atoms with van der Waals surface area (Å²) in [6.07, 6.45) is 2.80. The van der Waals surface area contributed by atoms with Gasteiger partial charge in [0.25, 0.3) is 0 Å². The van der Waals surface area contributed by atoms with Gasteiger partial charge in [0.2, 0.25) is 0 Å². The number of aliphatic hydroxyl groups is 1. The van der Waals surface area contributed by atoms with Crippen LogP contribution in [0.1, 0.15) is 23.7 Å². The number of para-hydroxylation sites is 1. The molecule has 2 aromatic rings. The average Bonchev–Trinajstić information content (AvgIpc) is 2.93. The third-order valence-electron chi connectivity index (χ3n) is 3.40. The Balaban J connectivity index is 1.64. The summed E-state index contributed by atoms with van der Waals surface area (Å²) in [7, 11) is 0. The number of hydrogen-bond acceptors (Lipinski definition) is 5. The minimum absolute atomic E-state index is 0.0730. The molecule has 1 aliphatic rings. The molecule has 6 heteroatoms. The number of aliphatic hydroxyl groups excluding tert-OH is 1. The number of ether oxygens (including phenoxy) is 1. The number of fused-ring (bicyclic) bond motifs is 1. The van der Waals surface area contributed by atoms with Gasteiger partial charge in [-0.05, 0) is 6.07 Å². The van der Waals surface area contributed by atoms with Crippen LogP contribution < -0.4 is 10.1 Å². The maximum Gasteiger partial charge on any atom is 0.124 e. The lowest BCUT2D eigenvalue weighted by Crippen LogP contribution is -2.26. The maximum atomic E-state index is 8.85. The molecule has 0 bridgehead atoms. The van der Waals surface area contributed by atoms with E-state index in [-0.39, 0.29) is 12.6 Å². The molecule has 0 radical (unpaired) electrons. The molecule has 1 atom stereocenters. The minimum Gasteiger partial charge on any atom is -0.493 e. The molecule has 0 saturated carbocycles. The first-order valence-electron chi connectivity index (χ1n) is 6.82. The predicted molar refractivity (Wildman–Crippen MR) is 73.2 cm³/mol. The zero-order chi connectivity index (χ0) is 13.8. The van der Waals surface area contributed by atoms with E-state index in [0.717, 1.165) is 24.5 Å². The number of nitrogens with one attached hydrogen (secondary N) is 1. The van der Waals surface area contributed by atoms with Crippen LogP contribution in [0.3, 0.4) is 0 Å². The molecule has 0 spiro atoms. The maximum absolute atomic E-state index is 8.85. The number of rotatable bonds is 5. The molecule has 3 rings (SSSR count). The normalized spacial score (nSPS) is 17.6. The number of hydrogen-bond donors (Lipinski definition) is 2. The molecule has 0 amide bonds. The summed E-state index contributed by atoms with van der Waals surface area (Å²) in [5, 5.41) is 20.4. The molecule has 0 fully saturated rings. The smallest absolute Gasteiger partial charge is 0.124 e. The Bertz CT molecular complexity index is 570. The number of nitrogens with zero attached hydrogens (tertiary/aromatic N) is 3. The molecule has 106 valence electrons. The highest BCUT2D eigenvalue weighted by Gasteiger charge is 2.20. The molecule has 0 saturated heterocycles. The van der Waals surface area contributed by atoms with Crippen molar-refractivity contribution in [2.75, 3.05) is 13.2 Å². The van der Waals surface area contributed by atoms with Gasteiger partial charge < -0.3 is 15.2 Å². The second-order valence-corrected chi connectivity index (χ2v) is 4.81. The minimum atomic E-state index is 0.0730. The van der Waals surface area contributed by atoms with Crippen LogP contribution in [0.2, 0.25) is 0 Å². The summed E-state index contributed by atoms with van der Waals surface area (Å²) >= 11 is 0. The number of benzene rings is 1. The Morgan fingerprint density at radius 1 is 1.40 bits per heavy atom. The lowest BCUT2D eigenvalue weighted by Gasteiger charge is -2.26. The van der Waals surface area contributed by atoms with Gasteiger partial charge in [-0.3, -0.25) is 0 Å². The highest BCUT2D eigenvalue weighted by Crippen LogP contribution is 2.31. The molecule has 2 N–H and O–H groups in total.